The lowest BCUT2D eigenvalue weighted by molar-refractivity contribution is 0.0325. The van der Waals surface area contributed by atoms with Gasteiger partial charge in [-0.25, -0.2) is 0 Å². The molecule has 1 aliphatic rings. The van der Waals surface area contributed by atoms with E-state index in [1.54, 1.807) is 0 Å². The first kappa shape index (κ1) is 19.0. The van der Waals surface area contributed by atoms with Crippen LogP contribution >= 0.6 is 0 Å². The van der Waals surface area contributed by atoms with Crippen molar-refractivity contribution in [2.24, 2.45) is 11.8 Å². The van der Waals surface area contributed by atoms with Gasteiger partial charge in [-0.2, -0.15) is 0 Å². The molecule has 5 atom stereocenters. The van der Waals surface area contributed by atoms with Crippen LogP contribution in [0.5, 0.6) is 0 Å². The summed E-state index contributed by atoms with van der Waals surface area (Å²) in [6.45, 7) is 16.7. The molecule has 1 aliphatic carbocycles. The Hall–Kier alpha value is -0.0800. The van der Waals surface area contributed by atoms with E-state index < -0.39 is 0 Å². The van der Waals surface area contributed by atoms with Gasteiger partial charge in [-0.3, -0.25) is 4.90 Å². The van der Waals surface area contributed by atoms with E-state index >= 15 is 0 Å². The summed E-state index contributed by atoms with van der Waals surface area (Å²) in [5.41, 5.74) is 0. The highest BCUT2D eigenvalue weighted by atomic mass is 15.2. The fraction of sp³-hybridized carbons (Fsp3) is 1.00. The quantitative estimate of drug-likeness (QED) is 0.664. The van der Waals surface area contributed by atoms with Gasteiger partial charge in [0.1, 0.15) is 0 Å². The Labute approximate surface area is 134 Å². The monoisotopic (exact) mass is 296 g/mol. The molecule has 1 rings (SSSR count). The summed E-state index contributed by atoms with van der Waals surface area (Å²) < 4.78 is 0. The van der Waals surface area contributed by atoms with E-state index in [0.29, 0.717) is 12.1 Å². The summed E-state index contributed by atoms with van der Waals surface area (Å²) in [6, 6.07) is 2.13. The minimum atomic E-state index is 0.689. The molecule has 0 heterocycles. The smallest absolute Gasteiger partial charge is 0.0277 e. The molecule has 0 aromatic heterocycles. The second kappa shape index (κ2) is 9.84. The summed E-state index contributed by atoms with van der Waals surface area (Å²) >= 11 is 0. The van der Waals surface area contributed by atoms with Crippen molar-refractivity contribution in [3.63, 3.8) is 0 Å². The number of hydrogen-bond donors (Lipinski definition) is 1. The summed E-state index contributed by atoms with van der Waals surface area (Å²) in [7, 11) is 0. The minimum absolute atomic E-state index is 0.689. The van der Waals surface area contributed by atoms with Crippen molar-refractivity contribution < 1.29 is 0 Å². The number of rotatable bonds is 9. The Bertz CT molecular complexity index is 266. The van der Waals surface area contributed by atoms with Gasteiger partial charge in [0.25, 0.3) is 0 Å². The van der Waals surface area contributed by atoms with Crippen LogP contribution in [0.25, 0.3) is 0 Å². The Morgan fingerprint density at radius 3 is 2.38 bits per heavy atom. The van der Waals surface area contributed by atoms with Crippen molar-refractivity contribution in [2.75, 3.05) is 13.1 Å². The second-order valence-corrected chi connectivity index (χ2v) is 7.45. The van der Waals surface area contributed by atoms with E-state index in [1.807, 2.05) is 0 Å². The van der Waals surface area contributed by atoms with Crippen molar-refractivity contribution in [1.29, 1.82) is 0 Å². The molecule has 0 spiro atoms. The van der Waals surface area contributed by atoms with Crippen molar-refractivity contribution in [3.05, 3.63) is 0 Å². The predicted molar refractivity (Wildman–Crippen MR) is 94.8 cm³/mol. The lowest BCUT2D eigenvalue weighted by atomic mass is 9.75. The molecule has 0 aliphatic heterocycles. The summed E-state index contributed by atoms with van der Waals surface area (Å²) in [5.74, 6) is 1.68. The molecular weight excluding hydrogens is 256 g/mol. The largest absolute Gasteiger partial charge is 0.312 e. The van der Waals surface area contributed by atoms with Crippen LogP contribution in [0, 0.1) is 11.8 Å². The van der Waals surface area contributed by atoms with Crippen LogP contribution in [0.15, 0.2) is 0 Å². The third kappa shape index (κ3) is 5.56. The standard InChI is InChI=1S/C19H40N2/c1-7-10-12-21(17(6)9-3)19-16(5)13-15(4)14-18(19)20-11-8-2/h15-20H,7-14H2,1-6H3. The average molecular weight is 297 g/mol. The molecule has 126 valence electrons. The van der Waals surface area contributed by atoms with E-state index in [0.717, 1.165) is 17.9 Å². The zero-order valence-corrected chi connectivity index (χ0v) is 15.5. The van der Waals surface area contributed by atoms with Gasteiger partial charge in [0.2, 0.25) is 0 Å². The van der Waals surface area contributed by atoms with Gasteiger partial charge in [0.05, 0.1) is 0 Å². The Kier molecular flexibility index (Phi) is 8.89. The number of hydrogen-bond acceptors (Lipinski definition) is 2. The fourth-order valence-electron chi connectivity index (χ4n) is 4.17. The molecule has 21 heavy (non-hydrogen) atoms. The highest BCUT2D eigenvalue weighted by Crippen LogP contribution is 2.34. The van der Waals surface area contributed by atoms with Gasteiger partial charge in [-0.05, 0) is 64.0 Å². The molecule has 0 aromatic carbocycles. The van der Waals surface area contributed by atoms with Gasteiger partial charge >= 0.3 is 0 Å². The van der Waals surface area contributed by atoms with Crippen LogP contribution in [0.1, 0.15) is 80.1 Å². The van der Waals surface area contributed by atoms with Gasteiger partial charge in [0, 0.05) is 18.1 Å². The van der Waals surface area contributed by atoms with Gasteiger partial charge in [-0.1, -0.05) is 41.0 Å². The van der Waals surface area contributed by atoms with Gasteiger partial charge in [0.15, 0.2) is 0 Å². The maximum Gasteiger partial charge on any atom is 0.0277 e. The molecule has 0 amide bonds. The third-order valence-electron chi connectivity index (χ3n) is 5.39. The minimum Gasteiger partial charge on any atom is -0.312 e. The summed E-state index contributed by atoms with van der Waals surface area (Å²) in [5, 5.41) is 3.88. The van der Waals surface area contributed by atoms with Crippen LogP contribution in [0.2, 0.25) is 0 Å². The van der Waals surface area contributed by atoms with Gasteiger partial charge < -0.3 is 5.32 Å². The van der Waals surface area contributed by atoms with Crippen LogP contribution in [-0.4, -0.2) is 36.1 Å². The van der Waals surface area contributed by atoms with E-state index in [1.165, 1.54) is 51.6 Å². The van der Waals surface area contributed by atoms with E-state index in [2.05, 4.69) is 51.8 Å². The SMILES string of the molecule is CCCCN(C(C)CC)C1C(C)CC(C)CC1NCCC. The molecule has 5 unspecified atom stereocenters. The fourth-order valence-corrected chi connectivity index (χ4v) is 4.17. The van der Waals surface area contributed by atoms with Crippen LogP contribution in [0.4, 0.5) is 0 Å². The highest BCUT2D eigenvalue weighted by molar-refractivity contribution is 4.95. The first-order valence-corrected chi connectivity index (χ1v) is 9.54. The number of nitrogens with zero attached hydrogens (tertiary/aromatic N) is 1. The Morgan fingerprint density at radius 1 is 1.10 bits per heavy atom. The zero-order chi connectivity index (χ0) is 15.8. The van der Waals surface area contributed by atoms with Crippen molar-refractivity contribution in [2.45, 2.75) is 98.2 Å². The first-order chi connectivity index (χ1) is 10.0. The topological polar surface area (TPSA) is 15.3 Å². The molecule has 0 aromatic rings. The third-order valence-corrected chi connectivity index (χ3v) is 5.39. The Morgan fingerprint density at radius 2 is 1.81 bits per heavy atom. The molecule has 1 N–H and O–H groups in total. The van der Waals surface area contributed by atoms with Gasteiger partial charge in [-0.15, -0.1) is 0 Å². The normalized spacial score (nSPS) is 31.6. The summed E-state index contributed by atoms with van der Waals surface area (Å²) in [4.78, 5) is 2.84. The van der Waals surface area contributed by atoms with E-state index in [4.69, 9.17) is 0 Å². The lowest BCUT2D eigenvalue weighted by Crippen LogP contribution is -2.59. The molecule has 2 nitrogen and oxygen atoms in total. The lowest BCUT2D eigenvalue weighted by Gasteiger charge is -2.48. The molecule has 1 saturated carbocycles. The highest BCUT2D eigenvalue weighted by Gasteiger charge is 2.38. The van der Waals surface area contributed by atoms with Crippen LogP contribution < -0.4 is 5.32 Å². The van der Waals surface area contributed by atoms with Crippen LogP contribution in [-0.2, 0) is 0 Å². The molecular formula is C19H40N2. The Balaban J connectivity index is 2.85. The maximum atomic E-state index is 3.88. The molecule has 0 radical (unpaired) electrons. The van der Waals surface area contributed by atoms with E-state index in [-0.39, 0.29) is 0 Å². The maximum absolute atomic E-state index is 3.88. The first-order valence-electron chi connectivity index (χ1n) is 9.54. The number of nitrogens with one attached hydrogen (secondary N) is 1. The average Bonchev–Trinajstić information content (AvgIpc) is 2.46. The molecule has 0 bridgehead atoms. The predicted octanol–water partition coefficient (Wildman–Crippen LogP) is 4.69. The second-order valence-electron chi connectivity index (χ2n) is 7.45. The van der Waals surface area contributed by atoms with Crippen molar-refractivity contribution in [1.82, 2.24) is 10.2 Å². The molecule has 1 fully saturated rings. The zero-order valence-electron chi connectivity index (χ0n) is 15.5. The summed E-state index contributed by atoms with van der Waals surface area (Å²) in [6.07, 6.45) is 7.90. The molecule has 0 saturated heterocycles. The van der Waals surface area contributed by atoms with Crippen LogP contribution in [0.3, 0.4) is 0 Å². The van der Waals surface area contributed by atoms with E-state index in [9.17, 15) is 0 Å². The van der Waals surface area contributed by atoms with Crippen molar-refractivity contribution in [3.8, 4) is 0 Å². The van der Waals surface area contributed by atoms with Crippen molar-refractivity contribution >= 4 is 0 Å². The number of unbranched alkanes of at least 4 members (excludes halogenated alkanes) is 1. The molecule has 2 heteroatoms.